The highest BCUT2D eigenvalue weighted by atomic mass is 16.5. The van der Waals surface area contributed by atoms with Crippen molar-refractivity contribution in [2.45, 2.75) is 26.5 Å². The topological polar surface area (TPSA) is 34.1 Å². The first-order valence-corrected chi connectivity index (χ1v) is 6.13. The van der Waals surface area contributed by atoms with Crippen LogP contribution in [0.15, 0.2) is 48.8 Å². The average Bonchev–Trinajstić information content (AvgIpc) is 2.38. The van der Waals surface area contributed by atoms with Gasteiger partial charge in [0.15, 0.2) is 0 Å². The van der Waals surface area contributed by atoms with Crippen molar-refractivity contribution in [3.05, 3.63) is 54.4 Å². The van der Waals surface area contributed by atoms with E-state index in [1.165, 1.54) is 5.56 Å². The fraction of sp³-hybridized carbons (Fsp3) is 0.267. The van der Waals surface area contributed by atoms with E-state index in [0.29, 0.717) is 0 Å². The number of anilines is 1. The average molecular weight is 242 g/mol. The second-order valence-electron chi connectivity index (χ2n) is 4.41. The monoisotopic (exact) mass is 242 g/mol. The van der Waals surface area contributed by atoms with Crippen LogP contribution >= 0.6 is 0 Å². The summed E-state index contributed by atoms with van der Waals surface area (Å²) in [5.41, 5.74) is 2.25. The Kier molecular flexibility index (Phi) is 4.18. The van der Waals surface area contributed by atoms with E-state index in [1.54, 1.807) is 6.20 Å². The number of pyridine rings is 1. The lowest BCUT2D eigenvalue weighted by Gasteiger charge is -2.11. The van der Waals surface area contributed by atoms with Gasteiger partial charge in [-0.3, -0.25) is 4.98 Å². The number of hydrogen-bond acceptors (Lipinski definition) is 3. The van der Waals surface area contributed by atoms with Crippen LogP contribution in [0.4, 0.5) is 5.69 Å². The van der Waals surface area contributed by atoms with E-state index in [9.17, 15) is 0 Å². The van der Waals surface area contributed by atoms with Crippen LogP contribution in [-0.4, -0.2) is 11.1 Å². The molecule has 2 aromatic rings. The molecule has 0 atom stereocenters. The lowest BCUT2D eigenvalue weighted by Crippen LogP contribution is -2.05. The molecule has 0 unspecified atom stereocenters. The van der Waals surface area contributed by atoms with Crippen LogP contribution in [0.3, 0.4) is 0 Å². The molecule has 3 heteroatoms. The van der Waals surface area contributed by atoms with Gasteiger partial charge in [-0.1, -0.05) is 6.07 Å². The summed E-state index contributed by atoms with van der Waals surface area (Å²) in [6, 6.07) is 12.0. The minimum Gasteiger partial charge on any atom is -0.491 e. The third-order valence-electron chi connectivity index (χ3n) is 2.45. The molecule has 0 radical (unpaired) electrons. The van der Waals surface area contributed by atoms with Crippen molar-refractivity contribution in [1.29, 1.82) is 0 Å². The van der Waals surface area contributed by atoms with E-state index in [0.717, 1.165) is 18.0 Å². The van der Waals surface area contributed by atoms with Gasteiger partial charge in [-0.2, -0.15) is 0 Å². The molecule has 3 nitrogen and oxygen atoms in total. The molecule has 94 valence electrons. The molecule has 0 aliphatic carbocycles. The second kappa shape index (κ2) is 6.05. The fourth-order valence-electron chi connectivity index (χ4n) is 1.63. The molecule has 1 heterocycles. The molecule has 0 saturated carbocycles. The first kappa shape index (κ1) is 12.4. The lowest BCUT2D eigenvalue weighted by molar-refractivity contribution is 0.242. The fourth-order valence-corrected chi connectivity index (χ4v) is 1.63. The van der Waals surface area contributed by atoms with Crippen molar-refractivity contribution < 1.29 is 4.74 Å². The zero-order valence-corrected chi connectivity index (χ0v) is 10.8. The molecule has 0 aliphatic rings. The molecule has 1 aromatic heterocycles. The molecule has 0 spiro atoms. The van der Waals surface area contributed by atoms with Crippen LogP contribution in [0.2, 0.25) is 0 Å². The Morgan fingerprint density at radius 3 is 2.56 bits per heavy atom. The Labute approximate surface area is 108 Å². The Morgan fingerprint density at radius 1 is 1.17 bits per heavy atom. The summed E-state index contributed by atoms with van der Waals surface area (Å²) in [5, 5.41) is 3.35. The van der Waals surface area contributed by atoms with E-state index < -0.39 is 0 Å². The molecule has 0 saturated heterocycles. The number of hydrogen-bond donors (Lipinski definition) is 1. The lowest BCUT2D eigenvalue weighted by atomic mass is 10.2. The largest absolute Gasteiger partial charge is 0.491 e. The predicted octanol–water partition coefficient (Wildman–Crippen LogP) is 3.48. The van der Waals surface area contributed by atoms with Gasteiger partial charge in [0.05, 0.1) is 6.10 Å². The van der Waals surface area contributed by atoms with E-state index >= 15 is 0 Å². The zero-order valence-electron chi connectivity index (χ0n) is 10.8. The summed E-state index contributed by atoms with van der Waals surface area (Å²) >= 11 is 0. The van der Waals surface area contributed by atoms with Crippen molar-refractivity contribution >= 4 is 5.69 Å². The van der Waals surface area contributed by atoms with Crippen LogP contribution in [0, 0.1) is 0 Å². The number of nitrogens with one attached hydrogen (secondary N) is 1. The standard InChI is InChI=1S/C15H18N2O/c1-12(2)18-15-7-5-14(6-8-15)17-11-13-4-3-9-16-10-13/h3-10,12,17H,11H2,1-2H3. The van der Waals surface area contributed by atoms with Gasteiger partial charge < -0.3 is 10.1 Å². The van der Waals surface area contributed by atoms with Gasteiger partial charge in [-0.15, -0.1) is 0 Å². The number of nitrogens with zero attached hydrogens (tertiary/aromatic N) is 1. The Morgan fingerprint density at radius 2 is 1.94 bits per heavy atom. The highest BCUT2D eigenvalue weighted by Crippen LogP contribution is 2.17. The minimum absolute atomic E-state index is 0.208. The predicted molar refractivity (Wildman–Crippen MR) is 73.8 cm³/mol. The summed E-state index contributed by atoms with van der Waals surface area (Å²) in [5.74, 6) is 0.900. The summed E-state index contributed by atoms with van der Waals surface area (Å²) < 4.78 is 5.59. The van der Waals surface area contributed by atoms with Crippen LogP contribution < -0.4 is 10.1 Å². The SMILES string of the molecule is CC(C)Oc1ccc(NCc2cccnc2)cc1. The van der Waals surface area contributed by atoms with E-state index in [2.05, 4.69) is 16.4 Å². The smallest absolute Gasteiger partial charge is 0.119 e. The van der Waals surface area contributed by atoms with Gasteiger partial charge in [0, 0.05) is 24.6 Å². The number of benzene rings is 1. The molecule has 2 rings (SSSR count). The number of ether oxygens (including phenoxy) is 1. The Hall–Kier alpha value is -2.03. The minimum atomic E-state index is 0.208. The summed E-state index contributed by atoms with van der Waals surface area (Å²) in [7, 11) is 0. The van der Waals surface area contributed by atoms with E-state index in [4.69, 9.17) is 4.74 Å². The van der Waals surface area contributed by atoms with Crippen molar-refractivity contribution in [1.82, 2.24) is 4.98 Å². The highest BCUT2D eigenvalue weighted by molar-refractivity contribution is 5.46. The first-order chi connectivity index (χ1) is 8.74. The van der Waals surface area contributed by atoms with E-state index in [-0.39, 0.29) is 6.10 Å². The van der Waals surface area contributed by atoms with Crippen LogP contribution in [0.1, 0.15) is 19.4 Å². The van der Waals surface area contributed by atoms with Crippen molar-refractivity contribution in [3.8, 4) is 5.75 Å². The van der Waals surface area contributed by atoms with Crippen LogP contribution in [0.25, 0.3) is 0 Å². The molecule has 0 amide bonds. The molecular formula is C15H18N2O. The third kappa shape index (κ3) is 3.77. The molecule has 1 aromatic carbocycles. The third-order valence-corrected chi connectivity index (χ3v) is 2.45. The van der Waals surface area contributed by atoms with Crippen molar-refractivity contribution in [2.75, 3.05) is 5.32 Å². The summed E-state index contributed by atoms with van der Waals surface area (Å²) in [6.07, 6.45) is 3.85. The van der Waals surface area contributed by atoms with Gasteiger partial charge in [0.1, 0.15) is 5.75 Å². The summed E-state index contributed by atoms with van der Waals surface area (Å²) in [4.78, 5) is 4.08. The molecule has 0 aliphatic heterocycles. The second-order valence-corrected chi connectivity index (χ2v) is 4.41. The Bertz CT molecular complexity index is 466. The summed E-state index contributed by atoms with van der Waals surface area (Å²) in [6.45, 7) is 4.82. The van der Waals surface area contributed by atoms with Gasteiger partial charge in [0.25, 0.3) is 0 Å². The maximum Gasteiger partial charge on any atom is 0.119 e. The highest BCUT2D eigenvalue weighted by Gasteiger charge is 1.98. The van der Waals surface area contributed by atoms with Gasteiger partial charge in [0.2, 0.25) is 0 Å². The van der Waals surface area contributed by atoms with Crippen molar-refractivity contribution in [2.24, 2.45) is 0 Å². The molecular weight excluding hydrogens is 224 g/mol. The zero-order chi connectivity index (χ0) is 12.8. The molecule has 0 fully saturated rings. The molecule has 1 N–H and O–H groups in total. The molecule has 0 bridgehead atoms. The van der Waals surface area contributed by atoms with Gasteiger partial charge in [-0.05, 0) is 49.7 Å². The van der Waals surface area contributed by atoms with Crippen molar-refractivity contribution in [3.63, 3.8) is 0 Å². The van der Waals surface area contributed by atoms with Gasteiger partial charge >= 0.3 is 0 Å². The normalized spacial score (nSPS) is 10.4. The number of aromatic nitrogens is 1. The van der Waals surface area contributed by atoms with Gasteiger partial charge in [-0.25, -0.2) is 0 Å². The maximum absolute atomic E-state index is 5.59. The first-order valence-electron chi connectivity index (χ1n) is 6.13. The van der Waals surface area contributed by atoms with E-state index in [1.807, 2.05) is 50.4 Å². The molecule has 18 heavy (non-hydrogen) atoms. The maximum atomic E-state index is 5.59. The van der Waals surface area contributed by atoms with Crippen LogP contribution in [-0.2, 0) is 6.54 Å². The Balaban J connectivity index is 1.90. The van der Waals surface area contributed by atoms with Crippen LogP contribution in [0.5, 0.6) is 5.75 Å². The quantitative estimate of drug-likeness (QED) is 0.871. The number of rotatable bonds is 5.